The van der Waals surface area contributed by atoms with Gasteiger partial charge in [0, 0.05) is 19.3 Å². The minimum atomic E-state index is 0. The summed E-state index contributed by atoms with van der Waals surface area (Å²) in [5.74, 6) is 1.62. The topological polar surface area (TPSA) is 66.6 Å². The highest BCUT2D eigenvalue weighted by Gasteiger charge is 2.04. The zero-order valence-electron chi connectivity index (χ0n) is 14.2. The molecule has 0 amide bonds. The van der Waals surface area contributed by atoms with Crippen molar-refractivity contribution in [1.82, 2.24) is 25.2 Å². The number of halogens is 1. The Morgan fingerprint density at radius 1 is 1.04 bits per heavy atom. The van der Waals surface area contributed by atoms with Crippen LogP contribution in [0.5, 0.6) is 0 Å². The molecule has 3 aromatic rings. The quantitative estimate of drug-likeness (QED) is 0.344. The summed E-state index contributed by atoms with van der Waals surface area (Å²) in [4.78, 5) is 4.61. The molecule has 0 radical (unpaired) electrons. The summed E-state index contributed by atoms with van der Waals surface area (Å²) in [6, 6.07) is 16.3. The molecule has 7 heteroatoms. The van der Waals surface area contributed by atoms with Crippen molar-refractivity contribution >= 4 is 35.6 Å². The van der Waals surface area contributed by atoms with E-state index in [2.05, 4.69) is 57.0 Å². The van der Waals surface area contributed by atoms with E-state index in [9.17, 15) is 0 Å². The number of guanidine groups is 1. The predicted octanol–water partition coefficient (Wildman–Crippen LogP) is 2.65. The molecule has 6 nitrogen and oxygen atoms in total. The summed E-state index contributed by atoms with van der Waals surface area (Å²) in [5, 5.41) is 15.0. The molecule has 25 heavy (non-hydrogen) atoms. The molecule has 0 spiro atoms. The van der Waals surface area contributed by atoms with E-state index < -0.39 is 0 Å². The standard InChI is InChI=1S/C18H22N6.HI/c1-2-19-18(20-12-11-15-8-4-3-5-9-15)21-14-17-23-22-16-10-6-7-13-24(16)17;/h3-10,13H,2,11-12,14H2,1H3,(H2,19,20,21);1H. The van der Waals surface area contributed by atoms with Gasteiger partial charge in [0.25, 0.3) is 0 Å². The zero-order valence-corrected chi connectivity index (χ0v) is 16.6. The van der Waals surface area contributed by atoms with Crippen LogP contribution in [-0.2, 0) is 13.0 Å². The molecular weight excluding hydrogens is 427 g/mol. The minimum absolute atomic E-state index is 0. The average Bonchev–Trinajstić information content (AvgIpc) is 3.04. The van der Waals surface area contributed by atoms with E-state index in [0.29, 0.717) is 6.54 Å². The van der Waals surface area contributed by atoms with E-state index in [1.54, 1.807) is 0 Å². The fraction of sp³-hybridized carbons (Fsp3) is 0.278. The molecule has 0 fully saturated rings. The van der Waals surface area contributed by atoms with Gasteiger partial charge in [0.2, 0.25) is 0 Å². The summed E-state index contributed by atoms with van der Waals surface area (Å²) in [6.45, 7) is 4.18. The Kier molecular flexibility index (Phi) is 7.65. The molecular formula is C18H23IN6. The summed E-state index contributed by atoms with van der Waals surface area (Å²) in [7, 11) is 0. The number of fused-ring (bicyclic) bond motifs is 1. The molecule has 0 aliphatic heterocycles. The summed E-state index contributed by atoms with van der Waals surface area (Å²) >= 11 is 0. The molecule has 0 saturated heterocycles. The van der Waals surface area contributed by atoms with Crippen LogP contribution in [0.4, 0.5) is 0 Å². The molecule has 0 atom stereocenters. The smallest absolute Gasteiger partial charge is 0.191 e. The van der Waals surface area contributed by atoms with Gasteiger partial charge in [-0.25, -0.2) is 4.99 Å². The molecule has 2 heterocycles. The second kappa shape index (κ2) is 9.97. The number of rotatable bonds is 6. The fourth-order valence-corrected chi connectivity index (χ4v) is 2.46. The van der Waals surface area contributed by atoms with Crippen molar-refractivity contribution in [3.63, 3.8) is 0 Å². The number of hydrogen-bond donors (Lipinski definition) is 2. The molecule has 0 saturated carbocycles. The lowest BCUT2D eigenvalue weighted by molar-refractivity contribution is 0.787. The fourth-order valence-electron chi connectivity index (χ4n) is 2.46. The van der Waals surface area contributed by atoms with Crippen LogP contribution in [0.25, 0.3) is 5.65 Å². The monoisotopic (exact) mass is 450 g/mol. The van der Waals surface area contributed by atoms with Crippen LogP contribution in [-0.4, -0.2) is 33.6 Å². The Morgan fingerprint density at radius 3 is 2.64 bits per heavy atom. The molecule has 1 aromatic carbocycles. The number of aromatic nitrogens is 3. The largest absolute Gasteiger partial charge is 0.357 e. The normalized spacial score (nSPS) is 11.2. The van der Waals surface area contributed by atoms with Crippen LogP contribution in [0.2, 0.25) is 0 Å². The van der Waals surface area contributed by atoms with Gasteiger partial charge in [-0.15, -0.1) is 34.2 Å². The van der Waals surface area contributed by atoms with Crippen molar-refractivity contribution in [2.45, 2.75) is 19.9 Å². The van der Waals surface area contributed by atoms with Crippen LogP contribution >= 0.6 is 24.0 Å². The average molecular weight is 450 g/mol. The molecule has 0 aliphatic rings. The number of aliphatic imine (C=N–C) groups is 1. The van der Waals surface area contributed by atoms with Gasteiger partial charge < -0.3 is 10.6 Å². The van der Waals surface area contributed by atoms with Crippen molar-refractivity contribution in [3.05, 3.63) is 66.1 Å². The molecule has 3 rings (SSSR count). The van der Waals surface area contributed by atoms with Crippen molar-refractivity contribution in [2.75, 3.05) is 13.1 Å². The van der Waals surface area contributed by atoms with Crippen LogP contribution in [0.1, 0.15) is 18.3 Å². The highest BCUT2D eigenvalue weighted by molar-refractivity contribution is 14.0. The van der Waals surface area contributed by atoms with Crippen molar-refractivity contribution in [1.29, 1.82) is 0 Å². The van der Waals surface area contributed by atoms with Crippen molar-refractivity contribution in [2.24, 2.45) is 4.99 Å². The first-order chi connectivity index (χ1) is 11.9. The maximum Gasteiger partial charge on any atom is 0.191 e. The Morgan fingerprint density at radius 2 is 1.84 bits per heavy atom. The molecule has 0 bridgehead atoms. The maximum absolute atomic E-state index is 4.61. The van der Waals surface area contributed by atoms with Crippen LogP contribution in [0.15, 0.2) is 59.7 Å². The molecule has 2 aromatic heterocycles. The number of nitrogens with zero attached hydrogens (tertiary/aromatic N) is 4. The van der Waals surface area contributed by atoms with E-state index in [1.165, 1.54) is 5.56 Å². The Bertz CT molecular complexity index is 799. The van der Waals surface area contributed by atoms with Crippen LogP contribution in [0.3, 0.4) is 0 Å². The summed E-state index contributed by atoms with van der Waals surface area (Å²) in [5.41, 5.74) is 2.15. The molecule has 2 N–H and O–H groups in total. The summed E-state index contributed by atoms with van der Waals surface area (Å²) in [6.07, 6.45) is 2.91. The molecule has 132 valence electrons. The third-order valence-corrected chi connectivity index (χ3v) is 3.66. The zero-order chi connectivity index (χ0) is 16.6. The number of pyridine rings is 1. The van der Waals surface area contributed by atoms with Gasteiger partial charge in [-0.2, -0.15) is 0 Å². The Labute approximate surface area is 164 Å². The lowest BCUT2D eigenvalue weighted by Gasteiger charge is -2.11. The minimum Gasteiger partial charge on any atom is -0.357 e. The van der Waals surface area contributed by atoms with E-state index in [1.807, 2.05) is 34.9 Å². The predicted molar refractivity (Wildman–Crippen MR) is 111 cm³/mol. The second-order valence-electron chi connectivity index (χ2n) is 5.40. The first-order valence-corrected chi connectivity index (χ1v) is 8.21. The van der Waals surface area contributed by atoms with E-state index in [-0.39, 0.29) is 24.0 Å². The number of benzene rings is 1. The lowest BCUT2D eigenvalue weighted by atomic mass is 10.1. The van der Waals surface area contributed by atoms with E-state index >= 15 is 0 Å². The Hall–Kier alpha value is -2.16. The highest BCUT2D eigenvalue weighted by Crippen LogP contribution is 2.04. The second-order valence-corrected chi connectivity index (χ2v) is 5.40. The van der Waals surface area contributed by atoms with Gasteiger partial charge in [-0.05, 0) is 31.0 Å². The van der Waals surface area contributed by atoms with Gasteiger partial charge >= 0.3 is 0 Å². The first-order valence-electron chi connectivity index (χ1n) is 8.21. The van der Waals surface area contributed by atoms with E-state index in [4.69, 9.17) is 0 Å². The Balaban J connectivity index is 0.00000225. The number of hydrogen-bond acceptors (Lipinski definition) is 3. The number of nitrogens with one attached hydrogen (secondary N) is 2. The molecule has 0 aliphatic carbocycles. The first kappa shape index (κ1) is 19.2. The highest BCUT2D eigenvalue weighted by atomic mass is 127. The van der Waals surface area contributed by atoms with Gasteiger partial charge in [0.05, 0.1) is 0 Å². The SMILES string of the molecule is CCNC(=NCc1nnc2ccccn12)NCCc1ccccc1.I. The third-order valence-electron chi connectivity index (χ3n) is 3.66. The summed E-state index contributed by atoms with van der Waals surface area (Å²) < 4.78 is 1.96. The van der Waals surface area contributed by atoms with Crippen LogP contribution in [0, 0.1) is 0 Å². The van der Waals surface area contributed by atoms with Gasteiger partial charge in [-0.1, -0.05) is 36.4 Å². The lowest BCUT2D eigenvalue weighted by Crippen LogP contribution is -2.38. The van der Waals surface area contributed by atoms with Gasteiger partial charge in [-0.3, -0.25) is 4.40 Å². The van der Waals surface area contributed by atoms with Crippen molar-refractivity contribution < 1.29 is 0 Å². The van der Waals surface area contributed by atoms with Gasteiger partial charge in [0.15, 0.2) is 17.4 Å². The van der Waals surface area contributed by atoms with Crippen LogP contribution < -0.4 is 10.6 Å². The maximum atomic E-state index is 4.61. The van der Waals surface area contributed by atoms with E-state index in [0.717, 1.165) is 36.9 Å². The third kappa shape index (κ3) is 5.42. The van der Waals surface area contributed by atoms with Gasteiger partial charge in [0.1, 0.15) is 6.54 Å². The molecule has 0 unspecified atom stereocenters. The van der Waals surface area contributed by atoms with Crippen molar-refractivity contribution in [3.8, 4) is 0 Å².